The quantitative estimate of drug-likeness (QED) is 0.918. The first-order valence-corrected chi connectivity index (χ1v) is 7.22. The predicted octanol–water partition coefficient (Wildman–Crippen LogP) is 4.32. The number of anilines is 1. The van der Waals surface area contributed by atoms with E-state index >= 15 is 0 Å². The van der Waals surface area contributed by atoms with E-state index in [0.29, 0.717) is 10.6 Å². The highest BCUT2D eigenvalue weighted by atomic mass is 35.5. The average molecular weight is 299 g/mol. The second-order valence-electron chi connectivity index (χ2n) is 5.07. The van der Waals surface area contributed by atoms with Crippen LogP contribution in [-0.2, 0) is 6.42 Å². The molecule has 1 aliphatic carbocycles. The zero-order chi connectivity index (χ0) is 14.8. The molecule has 1 atom stereocenters. The van der Waals surface area contributed by atoms with Gasteiger partial charge in [-0.3, -0.25) is 0 Å². The Hall–Kier alpha value is -2.18. The fraction of sp³-hybridized carbons (Fsp3) is 0.235. The molecule has 0 radical (unpaired) electrons. The maximum absolute atomic E-state index is 8.91. The molecule has 0 aliphatic heterocycles. The van der Waals surface area contributed by atoms with Gasteiger partial charge in [0.1, 0.15) is 11.8 Å². The molecule has 0 saturated heterocycles. The highest BCUT2D eigenvalue weighted by Gasteiger charge is 2.25. The number of halogens is 1. The van der Waals surface area contributed by atoms with E-state index in [9.17, 15) is 0 Å². The topological polar surface area (TPSA) is 45.0 Å². The molecule has 0 saturated carbocycles. The number of nitriles is 1. The van der Waals surface area contributed by atoms with E-state index < -0.39 is 0 Å². The van der Waals surface area contributed by atoms with Crippen LogP contribution in [0.5, 0.6) is 5.75 Å². The molecule has 3 rings (SSSR count). The van der Waals surface area contributed by atoms with Crippen molar-refractivity contribution >= 4 is 17.3 Å². The molecular weight excluding hydrogens is 284 g/mol. The molecule has 106 valence electrons. The number of methoxy groups -OCH3 is 1. The van der Waals surface area contributed by atoms with Crippen molar-refractivity contribution in [2.24, 2.45) is 0 Å². The van der Waals surface area contributed by atoms with E-state index in [2.05, 4.69) is 17.5 Å². The zero-order valence-electron chi connectivity index (χ0n) is 11.7. The van der Waals surface area contributed by atoms with Crippen LogP contribution in [0.3, 0.4) is 0 Å². The molecule has 2 aromatic carbocycles. The largest absolute Gasteiger partial charge is 0.496 e. The smallest absolute Gasteiger partial charge is 0.122 e. The van der Waals surface area contributed by atoms with Gasteiger partial charge in [0.2, 0.25) is 0 Å². The molecule has 21 heavy (non-hydrogen) atoms. The lowest BCUT2D eigenvalue weighted by Crippen LogP contribution is -2.07. The lowest BCUT2D eigenvalue weighted by atomic mass is 10.1. The molecule has 0 fully saturated rings. The van der Waals surface area contributed by atoms with Gasteiger partial charge in [-0.15, -0.1) is 0 Å². The Kier molecular flexibility index (Phi) is 3.72. The molecule has 1 N–H and O–H groups in total. The van der Waals surface area contributed by atoms with E-state index in [4.69, 9.17) is 21.6 Å². The summed E-state index contributed by atoms with van der Waals surface area (Å²) in [6.07, 6.45) is 2.02. The number of ether oxygens (including phenoxy) is 1. The first-order valence-electron chi connectivity index (χ1n) is 6.85. The van der Waals surface area contributed by atoms with Gasteiger partial charge in [-0.2, -0.15) is 5.26 Å². The number of fused-ring (bicyclic) bond motifs is 1. The lowest BCUT2D eigenvalue weighted by Gasteiger charge is -2.16. The number of benzene rings is 2. The van der Waals surface area contributed by atoms with Gasteiger partial charge < -0.3 is 10.1 Å². The Morgan fingerprint density at radius 3 is 2.90 bits per heavy atom. The molecule has 0 heterocycles. The summed E-state index contributed by atoms with van der Waals surface area (Å²) < 4.78 is 5.42. The van der Waals surface area contributed by atoms with Crippen LogP contribution in [0.15, 0.2) is 36.4 Å². The minimum atomic E-state index is 0.249. The first kappa shape index (κ1) is 13.8. The SMILES string of the molecule is COc1cccc2c1CCC2Nc1ccc(C#N)c(Cl)c1. The molecule has 2 aromatic rings. The summed E-state index contributed by atoms with van der Waals surface area (Å²) in [6.45, 7) is 0. The van der Waals surface area contributed by atoms with Crippen molar-refractivity contribution < 1.29 is 4.74 Å². The zero-order valence-corrected chi connectivity index (χ0v) is 12.4. The van der Waals surface area contributed by atoms with Gasteiger partial charge in [0.05, 0.1) is 23.7 Å². The molecule has 3 nitrogen and oxygen atoms in total. The van der Waals surface area contributed by atoms with Gasteiger partial charge in [0.25, 0.3) is 0 Å². The monoisotopic (exact) mass is 298 g/mol. The Balaban J connectivity index is 1.86. The molecule has 0 aromatic heterocycles. The van der Waals surface area contributed by atoms with Gasteiger partial charge in [-0.05, 0) is 48.2 Å². The van der Waals surface area contributed by atoms with Crippen molar-refractivity contribution in [3.05, 3.63) is 58.1 Å². The van der Waals surface area contributed by atoms with E-state index in [1.165, 1.54) is 11.1 Å². The number of hydrogen-bond donors (Lipinski definition) is 1. The Morgan fingerprint density at radius 1 is 1.33 bits per heavy atom. The van der Waals surface area contributed by atoms with Gasteiger partial charge in [-0.25, -0.2) is 0 Å². The standard InChI is InChI=1S/C17H15ClN2O/c1-21-17-4-2-3-13-14(17)7-8-16(13)20-12-6-5-11(10-19)15(18)9-12/h2-6,9,16,20H,7-8H2,1H3. The molecule has 1 unspecified atom stereocenters. The minimum absolute atomic E-state index is 0.249. The van der Waals surface area contributed by atoms with Crippen molar-refractivity contribution in [1.29, 1.82) is 5.26 Å². The summed E-state index contributed by atoms with van der Waals surface area (Å²) in [6, 6.07) is 13.9. The minimum Gasteiger partial charge on any atom is -0.496 e. The van der Waals surface area contributed by atoms with E-state index in [0.717, 1.165) is 24.3 Å². The predicted molar refractivity (Wildman–Crippen MR) is 83.8 cm³/mol. The second kappa shape index (κ2) is 5.67. The number of nitrogens with one attached hydrogen (secondary N) is 1. The van der Waals surface area contributed by atoms with Crippen molar-refractivity contribution in [2.75, 3.05) is 12.4 Å². The van der Waals surface area contributed by atoms with Crippen LogP contribution < -0.4 is 10.1 Å². The maximum Gasteiger partial charge on any atom is 0.122 e. The summed E-state index contributed by atoms with van der Waals surface area (Å²) in [7, 11) is 1.71. The summed E-state index contributed by atoms with van der Waals surface area (Å²) in [5, 5.41) is 12.9. The Labute approximate surface area is 129 Å². The third-order valence-corrected chi connectivity index (χ3v) is 4.19. The fourth-order valence-electron chi connectivity index (χ4n) is 2.86. The molecule has 4 heteroatoms. The van der Waals surface area contributed by atoms with Crippen molar-refractivity contribution in [1.82, 2.24) is 0 Å². The number of hydrogen-bond acceptors (Lipinski definition) is 3. The van der Waals surface area contributed by atoms with Crippen LogP contribution >= 0.6 is 11.6 Å². The Morgan fingerprint density at radius 2 is 2.19 bits per heavy atom. The third kappa shape index (κ3) is 2.55. The summed E-state index contributed by atoms with van der Waals surface area (Å²) in [5.74, 6) is 0.953. The summed E-state index contributed by atoms with van der Waals surface area (Å²) in [4.78, 5) is 0. The van der Waals surface area contributed by atoms with Gasteiger partial charge in [0.15, 0.2) is 0 Å². The van der Waals surface area contributed by atoms with Crippen molar-refractivity contribution in [2.45, 2.75) is 18.9 Å². The van der Waals surface area contributed by atoms with Gasteiger partial charge in [0, 0.05) is 5.69 Å². The second-order valence-corrected chi connectivity index (χ2v) is 5.48. The summed E-state index contributed by atoms with van der Waals surface area (Å²) >= 11 is 6.08. The van der Waals surface area contributed by atoms with Crippen LogP contribution in [0.2, 0.25) is 5.02 Å². The van der Waals surface area contributed by atoms with Crippen LogP contribution in [0.25, 0.3) is 0 Å². The van der Waals surface area contributed by atoms with Crippen LogP contribution in [0, 0.1) is 11.3 Å². The highest BCUT2D eigenvalue weighted by molar-refractivity contribution is 6.32. The maximum atomic E-state index is 8.91. The fourth-order valence-corrected chi connectivity index (χ4v) is 3.08. The van der Waals surface area contributed by atoms with E-state index in [-0.39, 0.29) is 6.04 Å². The molecule has 0 amide bonds. The molecular formula is C17H15ClN2O. The van der Waals surface area contributed by atoms with Gasteiger partial charge in [-0.1, -0.05) is 23.7 Å². The molecule has 0 spiro atoms. The highest BCUT2D eigenvalue weighted by Crippen LogP contribution is 2.38. The molecule has 0 bridgehead atoms. The average Bonchev–Trinajstić information content (AvgIpc) is 2.91. The van der Waals surface area contributed by atoms with Crippen molar-refractivity contribution in [3.8, 4) is 11.8 Å². The van der Waals surface area contributed by atoms with Gasteiger partial charge >= 0.3 is 0 Å². The van der Waals surface area contributed by atoms with E-state index in [1.54, 1.807) is 19.2 Å². The summed E-state index contributed by atoms with van der Waals surface area (Å²) in [5.41, 5.74) is 3.97. The van der Waals surface area contributed by atoms with Crippen LogP contribution in [0.4, 0.5) is 5.69 Å². The van der Waals surface area contributed by atoms with E-state index in [1.807, 2.05) is 18.2 Å². The van der Waals surface area contributed by atoms with Crippen LogP contribution in [-0.4, -0.2) is 7.11 Å². The third-order valence-electron chi connectivity index (χ3n) is 3.88. The first-order chi connectivity index (χ1) is 10.2. The molecule has 1 aliphatic rings. The van der Waals surface area contributed by atoms with Crippen molar-refractivity contribution in [3.63, 3.8) is 0 Å². The van der Waals surface area contributed by atoms with Crippen LogP contribution in [0.1, 0.15) is 29.2 Å². The number of rotatable bonds is 3. The Bertz CT molecular complexity index is 721. The normalized spacial score (nSPS) is 16.1. The number of nitrogens with zero attached hydrogens (tertiary/aromatic N) is 1. The lowest BCUT2D eigenvalue weighted by molar-refractivity contribution is 0.410.